The summed E-state index contributed by atoms with van der Waals surface area (Å²) in [6.45, 7) is 2.22. The maximum atomic E-state index is 9.80. The largest absolute Gasteiger partial charge is 0.493 e. The van der Waals surface area contributed by atoms with Gasteiger partial charge in [0, 0.05) is 6.54 Å². The summed E-state index contributed by atoms with van der Waals surface area (Å²) < 4.78 is 10.4. The molecule has 0 saturated carbocycles. The van der Waals surface area contributed by atoms with Gasteiger partial charge in [-0.15, -0.1) is 0 Å². The first kappa shape index (κ1) is 12.8. The van der Waals surface area contributed by atoms with E-state index in [1.54, 1.807) is 20.3 Å². The molecule has 0 spiro atoms. The molecule has 4 nitrogen and oxygen atoms in total. The first-order valence-electron chi connectivity index (χ1n) is 5.30. The number of aliphatic hydroxyl groups is 1. The summed E-state index contributed by atoms with van der Waals surface area (Å²) in [5.41, 5.74) is 7.30. The lowest BCUT2D eigenvalue weighted by Gasteiger charge is -2.17. The molecule has 3 N–H and O–H groups in total. The number of methoxy groups -OCH3 is 2. The van der Waals surface area contributed by atoms with E-state index in [2.05, 4.69) is 0 Å². The van der Waals surface area contributed by atoms with Crippen molar-refractivity contribution in [2.45, 2.75) is 19.4 Å². The summed E-state index contributed by atoms with van der Waals surface area (Å²) in [5.74, 6) is 1.29. The van der Waals surface area contributed by atoms with Crippen molar-refractivity contribution in [3.63, 3.8) is 0 Å². The maximum Gasteiger partial charge on any atom is 0.161 e. The van der Waals surface area contributed by atoms with Gasteiger partial charge in [0.1, 0.15) is 0 Å². The first-order chi connectivity index (χ1) is 7.67. The quantitative estimate of drug-likeness (QED) is 0.791. The molecule has 0 aromatic heterocycles. The van der Waals surface area contributed by atoms with Gasteiger partial charge in [0.05, 0.1) is 20.3 Å². The van der Waals surface area contributed by atoms with Crippen molar-refractivity contribution in [3.05, 3.63) is 23.3 Å². The van der Waals surface area contributed by atoms with Crippen LogP contribution in [0.3, 0.4) is 0 Å². The highest BCUT2D eigenvalue weighted by atomic mass is 16.5. The van der Waals surface area contributed by atoms with Gasteiger partial charge >= 0.3 is 0 Å². The number of hydrogen-bond donors (Lipinski definition) is 2. The second-order valence-electron chi connectivity index (χ2n) is 3.51. The van der Waals surface area contributed by atoms with Gasteiger partial charge in [-0.1, -0.05) is 6.92 Å². The summed E-state index contributed by atoms with van der Waals surface area (Å²) >= 11 is 0. The van der Waals surface area contributed by atoms with Gasteiger partial charge < -0.3 is 20.3 Å². The second-order valence-corrected chi connectivity index (χ2v) is 3.51. The van der Waals surface area contributed by atoms with Crippen molar-refractivity contribution in [1.82, 2.24) is 0 Å². The van der Waals surface area contributed by atoms with Crippen molar-refractivity contribution in [3.8, 4) is 11.5 Å². The van der Waals surface area contributed by atoms with Gasteiger partial charge in [0.15, 0.2) is 11.5 Å². The predicted octanol–water partition coefficient (Wildman–Crippen LogP) is 1.26. The zero-order valence-electron chi connectivity index (χ0n) is 9.99. The lowest BCUT2D eigenvalue weighted by molar-refractivity contribution is 0.185. The Morgan fingerprint density at radius 2 is 1.81 bits per heavy atom. The molecule has 0 aliphatic rings. The third kappa shape index (κ3) is 2.46. The number of ether oxygens (including phenoxy) is 2. The van der Waals surface area contributed by atoms with Crippen LogP contribution in [0.25, 0.3) is 0 Å². The Kier molecular flexibility index (Phi) is 4.58. The number of rotatable bonds is 5. The standard InChI is InChI=1S/C12H19NO3/c1-4-8-5-11(15-2)12(16-3)6-9(8)10(14)7-13/h5-6,10,14H,4,7,13H2,1-3H3. The fraction of sp³-hybridized carbons (Fsp3) is 0.500. The van der Waals surface area contributed by atoms with Gasteiger partial charge in [-0.25, -0.2) is 0 Å². The topological polar surface area (TPSA) is 64.7 Å². The Balaban J connectivity index is 3.25. The minimum Gasteiger partial charge on any atom is -0.493 e. The SMILES string of the molecule is CCc1cc(OC)c(OC)cc1C(O)CN. The first-order valence-corrected chi connectivity index (χ1v) is 5.30. The van der Waals surface area contributed by atoms with Gasteiger partial charge in [-0.05, 0) is 29.7 Å². The van der Waals surface area contributed by atoms with E-state index in [-0.39, 0.29) is 6.54 Å². The summed E-state index contributed by atoms with van der Waals surface area (Å²) in [4.78, 5) is 0. The second kappa shape index (κ2) is 5.72. The van der Waals surface area contributed by atoms with E-state index >= 15 is 0 Å². The average molecular weight is 225 g/mol. The molecule has 1 unspecified atom stereocenters. The molecule has 0 bridgehead atoms. The van der Waals surface area contributed by atoms with E-state index in [9.17, 15) is 5.11 Å². The summed E-state index contributed by atoms with van der Waals surface area (Å²) in [6, 6.07) is 3.67. The number of hydrogen-bond acceptors (Lipinski definition) is 4. The van der Waals surface area contributed by atoms with E-state index in [4.69, 9.17) is 15.2 Å². The molecular formula is C12H19NO3. The molecule has 0 saturated heterocycles. The summed E-state index contributed by atoms with van der Waals surface area (Å²) in [6.07, 6.45) is 0.155. The van der Waals surface area contributed by atoms with Crippen LogP contribution in [-0.4, -0.2) is 25.9 Å². The highest BCUT2D eigenvalue weighted by molar-refractivity contribution is 5.48. The highest BCUT2D eigenvalue weighted by Crippen LogP contribution is 2.33. The molecule has 0 heterocycles. The third-order valence-corrected chi connectivity index (χ3v) is 2.61. The Labute approximate surface area is 96.0 Å². The molecular weight excluding hydrogens is 206 g/mol. The van der Waals surface area contributed by atoms with Crippen molar-refractivity contribution in [2.75, 3.05) is 20.8 Å². The molecule has 16 heavy (non-hydrogen) atoms. The lowest BCUT2D eigenvalue weighted by atomic mass is 9.99. The molecule has 0 amide bonds. The smallest absolute Gasteiger partial charge is 0.161 e. The van der Waals surface area contributed by atoms with E-state index in [1.807, 2.05) is 13.0 Å². The number of nitrogens with two attached hydrogens (primary N) is 1. The van der Waals surface area contributed by atoms with Crippen molar-refractivity contribution in [1.29, 1.82) is 0 Å². The van der Waals surface area contributed by atoms with Crippen LogP contribution < -0.4 is 15.2 Å². The fourth-order valence-corrected chi connectivity index (χ4v) is 1.68. The molecule has 4 heteroatoms. The molecule has 1 aromatic rings. The molecule has 0 aliphatic carbocycles. The normalized spacial score (nSPS) is 12.3. The predicted molar refractivity (Wildman–Crippen MR) is 62.9 cm³/mol. The zero-order valence-corrected chi connectivity index (χ0v) is 9.99. The fourth-order valence-electron chi connectivity index (χ4n) is 1.68. The minimum atomic E-state index is -0.658. The van der Waals surface area contributed by atoms with E-state index in [0.29, 0.717) is 11.5 Å². The molecule has 0 radical (unpaired) electrons. The summed E-state index contributed by atoms with van der Waals surface area (Å²) in [5, 5.41) is 9.80. The Bertz CT molecular complexity index is 352. The number of aryl methyl sites for hydroxylation is 1. The highest BCUT2D eigenvalue weighted by Gasteiger charge is 2.15. The Morgan fingerprint density at radius 1 is 1.25 bits per heavy atom. The molecule has 0 aliphatic heterocycles. The van der Waals surface area contributed by atoms with Crippen LogP contribution in [0.15, 0.2) is 12.1 Å². The van der Waals surface area contributed by atoms with Crippen LogP contribution in [0.4, 0.5) is 0 Å². The molecule has 1 rings (SSSR count). The van der Waals surface area contributed by atoms with Gasteiger partial charge in [0.25, 0.3) is 0 Å². The van der Waals surface area contributed by atoms with Gasteiger partial charge in [-0.2, -0.15) is 0 Å². The maximum absolute atomic E-state index is 9.80. The van der Waals surface area contributed by atoms with Crippen molar-refractivity contribution >= 4 is 0 Å². The minimum absolute atomic E-state index is 0.197. The van der Waals surface area contributed by atoms with E-state index in [1.165, 1.54) is 0 Å². The van der Waals surface area contributed by atoms with E-state index in [0.717, 1.165) is 17.5 Å². The van der Waals surface area contributed by atoms with Crippen molar-refractivity contribution in [2.24, 2.45) is 5.73 Å². The molecule has 0 fully saturated rings. The monoisotopic (exact) mass is 225 g/mol. The van der Waals surface area contributed by atoms with Crippen LogP contribution in [0.1, 0.15) is 24.2 Å². The number of aliphatic hydroxyl groups excluding tert-OH is 1. The number of benzene rings is 1. The molecule has 1 aromatic carbocycles. The van der Waals surface area contributed by atoms with Crippen LogP contribution >= 0.6 is 0 Å². The third-order valence-electron chi connectivity index (χ3n) is 2.61. The van der Waals surface area contributed by atoms with Crippen LogP contribution in [0.5, 0.6) is 11.5 Å². The van der Waals surface area contributed by atoms with E-state index < -0.39 is 6.10 Å². The van der Waals surface area contributed by atoms with Crippen LogP contribution in [0.2, 0.25) is 0 Å². The summed E-state index contributed by atoms with van der Waals surface area (Å²) in [7, 11) is 3.17. The van der Waals surface area contributed by atoms with Gasteiger partial charge in [-0.3, -0.25) is 0 Å². The molecule has 1 atom stereocenters. The van der Waals surface area contributed by atoms with Crippen molar-refractivity contribution < 1.29 is 14.6 Å². The lowest BCUT2D eigenvalue weighted by Crippen LogP contribution is -2.13. The Hall–Kier alpha value is -1.26. The molecule has 90 valence electrons. The van der Waals surface area contributed by atoms with Crippen LogP contribution in [-0.2, 0) is 6.42 Å². The Morgan fingerprint density at radius 3 is 2.25 bits per heavy atom. The van der Waals surface area contributed by atoms with Crippen LogP contribution in [0, 0.1) is 0 Å². The van der Waals surface area contributed by atoms with Gasteiger partial charge in [0.2, 0.25) is 0 Å². The average Bonchev–Trinajstić information content (AvgIpc) is 2.35. The zero-order chi connectivity index (χ0) is 12.1.